The standard InChI is InChI=1S/C24H38O2/c1-23(2,19-9-13-21(25)14-10-19)17-5-7-18(8-6-17)24(3,4)20-11-15-22(26)16-12-20/h5-8,19-22,25-26H,9-16H2,1-4H3. The zero-order valence-corrected chi connectivity index (χ0v) is 17.2. The molecule has 2 N–H and O–H groups in total. The van der Waals surface area contributed by atoms with Gasteiger partial charge in [-0.1, -0.05) is 52.0 Å². The van der Waals surface area contributed by atoms with Crippen molar-refractivity contribution in [2.75, 3.05) is 0 Å². The van der Waals surface area contributed by atoms with Gasteiger partial charge in [-0.15, -0.1) is 0 Å². The summed E-state index contributed by atoms with van der Waals surface area (Å²) in [5.74, 6) is 1.31. The van der Waals surface area contributed by atoms with E-state index in [-0.39, 0.29) is 23.0 Å². The summed E-state index contributed by atoms with van der Waals surface area (Å²) < 4.78 is 0. The van der Waals surface area contributed by atoms with Crippen LogP contribution < -0.4 is 0 Å². The van der Waals surface area contributed by atoms with Gasteiger partial charge in [-0.05, 0) is 85.2 Å². The van der Waals surface area contributed by atoms with E-state index in [1.165, 1.54) is 11.1 Å². The Morgan fingerprint density at radius 3 is 1.12 bits per heavy atom. The van der Waals surface area contributed by atoms with Crippen molar-refractivity contribution in [3.05, 3.63) is 35.4 Å². The van der Waals surface area contributed by atoms with Crippen molar-refractivity contribution in [2.45, 2.75) is 102 Å². The molecule has 1 aromatic rings. The highest BCUT2D eigenvalue weighted by Gasteiger charge is 2.36. The minimum atomic E-state index is -0.0840. The first-order valence-electron chi connectivity index (χ1n) is 10.7. The van der Waals surface area contributed by atoms with E-state index in [4.69, 9.17) is 0 Å². The molecule has 0 heterocycles. The minimum Gasteiger partial charge on any atom is -0.393 e. The van der Waals surface area contributed by atoms with Crippen LogP contribution >= 0.6 is 0 Å². The fourth-order valence-electron chi connectivity index (χ4n) is 5.40. The molecule has 2 nitrogen and oxygen atoms in total. The van der Waals surface area contributed by atoms with Crippen LogP contribution in [0.5, 0.6) is 0 Å². The lowest BCUT2D eigenvalue weighted by Crippen LogP contribution is -2.34. The van der Waals surface area contributed by atoms with Gasteiger partial charge in [-0.25, -0.2) is 0 Å². The second kappa shape index (κ2) is 7.64. The van der Waals surface area contributed by atoms with Crippen molar-refractivity contribution in [2.24, 2.45) is 11.8 Å². The summed E-state index contributed by atoms with van der Waals surface area (Å²) >= 11 is 0. The smallest absolute Gasteiger partial charge is 0.0540 e. The molecule has 1 aromatic carbocycles. The van der Waals surface area contributed by atoms with Gasteiger partial charge in [0.2, 0.25) is 0 Å². The van der Waals surface area contributed by atoms with Crippen LogP contribution in [0.15, 0.2) is 24.3 Å². The molecule has 0 atom stereocenters. The largest absolute Gasteiger partial charge is 0.393 e. The molecule has 2 aliphatic rings. The van der Waals surface area contributed by atoms with E-state index in [1.54, 1.807) is 0 Å². The summed E-state index contributed by atoms with van der Waals surface area (Å²) in [7, 11) is 0. The van der Waals surface area contributed by atoms with E-state index >= 15 is 0 Å². The van der Waals surface area contributed by atoms with Gasteiger partial charge in [-0.2, -0.15) is 0 Å². The Kier molecular flexibility index (Phi) is 5.84. The third kappa shape index (κ3) is 4.02. The maximum atomic E-state index is 9.81. The van der Waals surface area contributed by atoms with Gasteiger partial charge in [0, 0.05) is 0 Å². The molecule has 2 fully saturated rings. The molecule has 26 heavy (non-hydrogen) atoms. The number of rotatable bonds is 4. The highest BCUT2D eigenvalue weighted by atomic mass is 16.3. The van der Waals surface area contributed by atoms with Crippen molar-refractivity contribution < 1.29 is 10.2 Å². The SMILES string of the molecule is CC(C)(c1ccc(C(C)(C)C2CCC(O)CC2)cc1)C1CCC(O)CC1. The summed E-state index contributed by atoms with van der Waals surface area (Å²) in [5, 5.41) is 19.6. The molecule has 0 unspecified atom stereocenters. The van der Waals surface area contributed by atoms with Crippen molar-refractivity contribution in [1.82, 2.24) is 0 Å². The third-order valence-corrected chi connectivity index (χ3v) is 7.81. The predicted octanol–water partition coefficient (Wildman–Crippen LogP) is 5.34. The van der Waals surface area contributed by atoms with Crippen LogP contribution in [-0.2, 0) is 10.8 Å². The van der Waals surface area contributed by atoms with Crippen LogP contribution in [0.3, 0.4) is 0 Å². The fourth-order valence-corrected chi connectivity index (χ4v) is 5.40. The van der Waals surface area contributed by atoms with Crippen LogP contribution in [0.1, 0.15) is 90.2 Å². The molecule has 0 spiro atoms. The van der Waals surface area contributed by atoms with Crippen LogP contribution in [0.25, 0.3) is 0 Å². The highest BCUT2D eigenvalue weighted by Crippen LogP contribution is 2.43. The van der Waals surface area contributed by atoms with E-state index in [9.17, 15) is 10.2 Å². The maximum Gasteiger partial charge on any atom is 0.0540 e. The monoisotopic (exact) mass is 358 g/mol. The molecule has 0 radical (unpaired) electrons. The Morgan fingerprint density at radius 2 is 0.846 bits per heavy atom. The quantitative estimate of drug-likeness (QED) is 0.762. The Morgan fingerprint density at radius 1 is 0.577 bits per heavy atom. The van der Waals surface area contributed by atoms with Crippen LogP contribution in [-0.4, -0.2) is 22.4 Å². The second-order valence-corrected chi connectivity index (χ2v) is 10.0. The lowest BCUT2D eigenvalue weighted by atomic mass is 9.65. The van der Waals surface area contributed by atoms with E-state index in [2.05, 4.69) is 52.0 Å². The van der Waals surface area contributed by atoms with Crippen molar-refractivity contribution in [3.8, 4) is 0 Å². The highest BCUT2D eigenvalue weighted by molar-refractivity contribution is 5.33. The fraction of sp³-hybridized carbons (Fsp3) is 0.750. The van der Waals surface area contributed by atoms with Gasteiger partial charge >= 0.3 is 0 Å². The van der Waals surface area contributed by atoms with Crippen molar-refractivity contribution in [1.29, 1.82) is 0 Å². The Hall–Kier alpha value is -0.860. The van der Waals surface area contributed by atoms with Crippen molar-refractivity contribution in [3.63, 3.8) is 0 Å². The molecule has 2 saturated carbocycles. The van der Waals surface area contributed by atoms with Gasteiger partial charge < -0.3 is 10.2 Å². The molecule has 3 rings (SSSR count). The first-order chi connectivity index (χ1) is 12.2. The Labute approximate surface area is 160 Å². The molecule has 0 bridgehead atoms. The first kappa shape index (κ1) is 19.9. The molecule has 146 valence electrons. The molecule has 0 aromatic heterocycles. The van der Waals surface area contributed by atoms with Crippen LogP contribution in [0.4, 0.5) is 0 Å². The summed E-state index contributed by atoms with van der Waals surface area (Å²) in [6, 6.07) is 9.39. The zero-order chi connectivity index (χ0) is 18.9. The van der Waals surface area contributed by atoms with Crippen LogP contribution in [0.2, 0.25) is 0 Å². The maximum absolute atomic E-state index is 9.81. The topological polar surface area (TPSA) is 40.5 Å². The molecular formula is C24H38O2. The summed E-state index contributed by atoms with van der Waals surface area (Å²) in [6.07, 6.45) is 8.16. The van der Waals surface area contributed by atoms with Gasteiger partial charge in [0.15, 0.2) is 0 Å². The van der Waals surface area contributed by atoms with E-state index in [0.29, 0.717) is 11.8 Å². The first-order valence-corrected chi connectivity index (χ1v) is 10.7. The second-order valence-electron chi connectivity index (χ2n) is 10.0. The van der Waals surface area contributed by atoms with Gasteiger partial charge in [0.1, 0.15) is 0 Å². The molecule has 0 amide bonds. The van der Waals surface area contributed by atoms with Gasteiger partial charge in [0.25, 0.3) is 0 Å². The number of aliphatic hydroxyl groups excluding tert-OH is 2. The zero-order valence-electron chi connectivity index (χ0n) is 17.2. The minimum absolute atomic E-state index is 0.0840. The Balaban J connectivity index is 1.73. The molecule has 0 saturated heterocycles. The number of hydrogen-bond donors (Lipinski definition) is 2. The number of benzene rings is 1. The third-order valence-electron chi connectivity index (χ3n) is 7.81. The lowest BCUT2D eigenvalue weighted by molar-refractivity contribution is 0.0871. The molecule has 2 heteroatoms. The van der Waals surface area contributed by atoms with Crippen LogP contribution in [0, 0.1) is 11.8 Å². The Bertz CT molecular complexity index is 518. The lowest BCUT2D eigenvalue weighted by Gasteiger charge is -2.40. The summed E-state index contributed by atoms with van der Waals surface area (Å²) in [6.45, 7) is 9.49. The average molecular weight is 359 g/mol. The van der Waals surface area contributed by atoms with Gasteiger partial charge in [-0.3, -0.25) is 0 Å². The number of aliphatic hydroxyl groups is 2. The predicted molar refractivity (Wildman–Crippen MR) is 108 cm³/mol. The van der Waals surface area contributed by atoms with E-state index < -0.39 is 0 Å². The summed E-state index contributed by atoms with van der Waals surface area (Å²) in [5.41, 5.74) is 3.19. The normalized spacial score (nSPS) is 31.0. The number of hydrogen-bond acceptors (Lipinski definition) is 2. The molecule has 2 aliphatic carbocycles. The van der Waals surface area contributed by atoms with Crippen molar-refractivity contribution >= 4 is 0 Å². The molecular weight excluding hydrogens is 320 g/mol. The summed E-state index contributed by atoms with van der Waals surface area (Å²) in [4.78, 5) is 0. The van der Waals surface area contributed by atoms with E-state index in [1.807, 2.05) is 0 Å². The molecule has 0 aliphatic heterocycles. The average Bonchev–Trinajstić information content (AvgIpc) is 2.62. The van der Waals surface area contributed by atoms with E-state index in [0.717, 1.165) is 51.4 Å². The van der Waals surface area contributed by atoms with Gasteiger partial charge in [0.05, 0.1) is 12.2 Å².